The van der Waals surface area contributed by atoms with Crippen LogP contribution in [0, 0.1) is 0 Å². The van der Waals surface area contributed by atoms with Gasteiger partial charge in [0, 0.05) is 30.9 Å². The number of rotatable bonds is 4. The number of ether oxygens (including phenoxy) is 2. The average Bonchev–Trinajstić information content (AvgIpc) is 3.04. The Morgan fingerprint density at radius 2 is 1.96 bits per heavy atom. The number of carbonyl (C=O) groups is 1. The van der Waals surface area contributed by atoms with Gasteiger partial charge in [-0.2, -0.15) is 5.10 Å². The van der Waals surface area contributed by atoms with Gasteiger partial charge >= 0.3 is 0 Å². The molecule has 3 rings (SSSR count). The van der Waals surface area contributed by atoms with Crippen molar-refractivity contribution in [2.75, 3.05) is 25.8 Å². The first-order valence-electron chi connectivity index (χ1n) is 7.14. The number of nitrogens with one attached hydrogen (secondary N) is 1. The normalized spacial score (nSPS) is 12.4. The summed E-state index contributed by atoms with van der Waals surface area (Å²) in [6, 6.07) is 12.8. The Balaban J connectivity index is 1.66. The molecule has 0 unspecified atom stereocenters. The zero-order chi connectivity index (χ0) is 16.2. The Morgan fingerprint density at radius 3 is 2.70 bits per heavy atom. The molecule has 0 spiro atoms. The lowest BCUT2D eigenvalue weighted by molar-refractivity contribution is 0.0955. The van der Waals surface area contributed by atoms with E-state index in [2.05, 4.69) is 10.5 Å². The Morgan fingerprint density at radius 1 is 1.17 bits per heavy atom. The first kappa shape index (κ1) is 14.9. The minimum Gasteiger partial charge on any atom is -0.454 e. The third kappa shape index (κ3) is 3.26. The van der Waals surface area contributed by atoms with E-state index in [9.17, 15) is 4.79 Å². The van der Waals surface area contributed by atoms with Crippen LogP contribution in [0.5, 0.6) is 11.5 Å². The molecular formula is C17H17N3O3. The number of hydrazone groups is 1. The van der Waals surface area contributed by atoms with Gasteiger partial charge < -0.3 is 14.4 Å². The summed E-state index contributed by atoms with van der Waals surface area (Å²) in [4.78, 5) is 14.0. The molecule has 1 aliphatic heterocycles. The number of carbonyl (C=O) groups excluding carboxylic acids is 1. The summed E-state index contributed by atoms with van der Waals surface area (Å²) in [6.45, 7) is 0.199. The predicted molar refractivity (Wildman–Crippen MR) is 88.4 cm³/mol. The molecule has 2 aromatic rings. The maximum absolute atomic E-state index is 12.1. The van der Waals surface area contributed by atoms with Gasteiger partial charge in [-0.1, -0.05) is 6.07 Å². The maximum atomic E-state index is 12.1. The standard InChI is InChI=1S/C17H17N3O3/c1-20(2)14-8-6-12(7-9-14)17(21)19-18-10-13-4-3-5-15-16(13)23-11-22-15/h3-10H,11H2,1-2H3,(H,19,21). The summed E-state index contributed by atoms with van der Waals surface area (Å²) in [6.07, 6.45) is 1.54. The molecule has 1 N–H and O–H groups in total. The van der Waals surface area contributed by atoms with Crippen molar-refractivity contribution in [1.29, 1.82) is 0 Å². The van der Waals surface area contributed by atoms with Crippen LogP contribution in [0.1, 0.15) is 15.9 Å². The number of amides is 1. The molecule has 6 heteroatoms. The quantitative estimate of drug-likeness (QED) is 0.695. The zero-order valence-electron chi connectivity index (χ0n) is 12.9. The topological polar surface area (TPSA) is 63.2 Å². The molecule has 0 radical (unpaired) electrons. The summed E-state index contributed by atoms with van der Waals surface area (Å²) in [5.41, 5.74) is 4.84. The number of para-hydroxylation sites is 1. The number of nitrogens with zero attached hydrogens (tertiary/aromatic N) is 2. The average molecular weight is 311 g/mol. The van der Waals surface area contributed by atoms with Crippen molar-refractivity contribution in [2.24, 2.45) is 5.10 Å². The van der Waals surface area contributed by atoms with Gasteiger partial charge in [0.2, 0.25) is 6.79 Å². The highest BCUT2D eigenvalue weighted by molar-refractivity contribution is 5.95. The van der Waals surface area contributed by atoms with Crippen LogP contribution in [0.2, 0.25) is 0 Å². The van der Waals surface area contributed by atoms with E-state index in [0.717, 1.165) is 11.3 Å². The van der Waals surface area contributed by atoms with Crippen molar-refractivity contribution in [3.63, 3.8) is 0 Å². The van der Waals surface area contributed by atoms with Crippen LogP contribution in [0.25, 0.3) is 0 Å². The highest BCUT2D eigenvalue weighted by Gasteiger charge is 2.15. The van der Waals surface area contributed by atoms with Gasteiger partial charge in [-0.25, -0.2) is 5.43 Å². The summed E-state index contributed by atoms with van der Waals surface area (Å²) < 4.78 is 10.7. The van der Waals surface area contributed by atoms with Crippen molar-refractivity contribution in [3.8, 4) is 11.5 Å². The molecule has 2 aromatic carbocycles. The van der Waals surface area contributed by atoms with Crippen LogP contribution in [0.3, 0.4) is 0 Å². The Bertz CT molecular complexity index is 739. The summed E-state index contributed by atoms with van der Waals surface area (Å²) in [7, 11) is 3.90. The smallest absolute Gasteiger partial charge is 0.271 e. The summed E-state index contributed by atoms with van der Waals surface area (Å²) >= 11 is 0. The fraction of sp³-hybridized carbons (Fsp3) is 0.176. The number of fused-ring (bicyclic) bond motifs is 1. The molecule has 0 bridgehead atoms. The van der Waals surface area contributed by atoms with E-state index in [-0.39, 0.29) is 12.7 Å². The predicted octanol–water partition coefficient (Wildman–Crippen LogP) is 2.25. The minimum atomic E-state index is -0.267. The second kappa shape index (κ2) is 6.39. The van der Waals surface area contributed by atoms with Crippen LogP contribution in [-0.2, 0) is 0 Å². The second-order valence-corrected chi connectivity index (χ2v) is 5.22. The molecule has 0 saturated carbocycles. The lowest BCUT2D eigenvalue weighted by Gasteiger charge is -2.12. The van der Waals surface area contributed by atoms with Gasteiger partial charge in [0.05, 0.1) is 6.21 Å². The van der Waals surface area contributed by atoms with E-state index >= 15 is 0 Å². The van der Waals surface area contributed by atoms with Gasteiger partial charge in [0.25, 0.3) is 5.91 Å². The van der Waals surface area contributed by atoms with Crippen LogP contribution in [0.15, 0.2) is 47.6 Å². The van der Waals surface area contributed by atoms with Crippen molar-refractivity contribution in [2.45, 2.75) is 0 Å². The van der Waals surface area contributed by atoms with E-state index in [0.29, 0.717) is 17.1 Å². The highest BCUT2D eigenvalue weighted by Crippen LogP contribution is 2.34. The highest BCUT2D eigenvalue weighted by atomic mass is 16.7. The zero-order valence-corrected chi connectivity index (χ0v) is 12.9. The van der Waals surface area contributed by atoms with E-state index in [1.807, 2.05) is 49.3 Å². The molecule has 118 valence electrons. The molecule has 0 aliphatic carbocycles. The molecule has 0 aromatic heterocycles. The first-order chi connectivity index (χ1) is 11.1. The molecule has 1 aliphatic rings. The largest absolute Gasteiger partial charge is 0.454 e. The molecule has 6 nitrogen and oxygen atoms in total. The fourth-order valence-corrected chi connectivity index (χ4v) is 2.19. The minimum absolute atomic E-state index is 0.199. The lowest BCUT2D eigenvalue weighted by atomic mass is 10.2. The molecule has 23 heavy (non-hydrogen) atoms. The number of hydrogen-bond donors (Lipinski definition) is 1. The Labute approximate surface area is 134 Å². The molecule has 1 amide bonds. The van der Waals surface area contributed by atoms with E-state index < -0.39 is 0 Å². The number of benzene rings is 2. The third-order valence-corrected chi connectivity index (χ3v) is 3.44. The van der Waals surface area contributed by atoms with Gasteiger partial charge in [0.15, 0.2) is 11.5 Å². The summed E-state index contributed by atoms with van der Waals surface area (Å²) in [5.74, 6) is 1.05. The van der Waals surface area contributed by atoms with Crippen LogP contribution >= 0.6 is 0 Å². The number of hydrogen-bond acceptors (Lipinski definition) is 5. The fourth-order valence-electron chi connectivity index (χ4n) is 2.19. The number of anilines is 1. The van der Waals surface area contributed by atoms with Crippen molar-refractivity contribution in [3.05, 3.63) is 53.6 Å². The van der Waals surface area contributed by atoms with Gasteiger partial charge in [-0.05, 0) is 36.4 Å². The van der Waals surface area contributed by atoms with E-state index in [4.69, 9.17) is 9.47 Å². The monoisotopic (exact) mass is 311 g/mol. The molecule has 0 saturated heterocycles. The third-order valence-electron chi connectivity index (χ3n) is 3.44. The molecule has 0 fully saturated rings. The molecule has 0 atom stereocenters. The van der Waals surface area contributed by atoms with Crippen LogP contribution in [-0.4, -0.2) is 33.0 Å². The van der Waals surface area contributed by atoms with Crippen molar-refractivity contribution in [1.82, 2.24) is 5.43 Å². The van der Waals surface area contributed by atoms with Crippen molar-refractivity contribution >= 4 is 17.8 Å². The SMILES string of the molecule is CN(C)c1ccc(C(=O)NN=Cc2cccc3c2OCO3)cc1. The van der Waals surface area contributed by atoms with Gasteiger partial charge in [0.1, 0.15) is 0 Å². The van der Waals surface area contributed by atoms with Crippen LogP contribution < -0.4 is 19.8 Å². The van der Waals surface area contributed by atoms with Crippen molar-refractivity contribution < 1.29 is 14.3 Å². The van der Waals surface area contributed by atoms with E-state index in [1.165, 1.54) is 0 Å². The van der Waals surface area contributed by atoms with E-state index in [1.54, 1.807) is 18.3 Å². The molecule has 1 heterocycles. The first-order valence-corrected chi connectivity index (χ1v) is 7.14. The summed E-state index contributed by atoms with van der Waals surface area (Å²) in [5, 5.41) is 3.98. The van der Waals surface area contributed by atoms with Gasteiger partial charge in [-0.15, -0.1) is 0 Å². The Kier molecular flexibility index (Phi) is 4.14. The lowest BCUT2D eigenvalue weighted by Crippen LogP contribution is -2.18. The molecular weight excluding hydrogens is 294 g/mol. The second-order valence-electron chi connectivity index (χ2n) is 5.22. The van der Waals surface area contributed by atoms with Gasteiger partial charge in [-0.3, -0.25) is 4.79 Å². The van der Waals surface area contributed by atoms with Crippen LogP contribution in [0.4, 0.5) is 5.69 Å². The maximum Gasteiger partial charge on any atom is 0.271 e. The Hall–Kier alpha value is -3.02.